The van der Waals surface area contributed by atoms with Crippen molar-refractivity contribution in [2.45, 2.75) is 32.1 Å². The molecule has 0 spiro atoms. The van der Waals surface area contributed by atoms with Crippen LogP contribution in [0.4, 0.5) is 0 Å². The van der Waals surface area contributed by atoms with Crippen LogP contribution in [0.3, 0.4) is 0 Å². The predicted molar refractivity (Wildman–Crippen MR) is 115 cm³/mol. The molecule has 1 heterocycles. The molecule has 2 N–H and O–H groups in total. The van der Waals surface area contributed by atoms with E-state index < -0.39 is 0 Å². The van der Waals surface area contributed by atoms with Crippen molar-refractivity contribution in [3.63, 3.8) is 0 Å². The van der Waals surface area contributed by atoms with Gasteiger partial charge in [-0.25, -0.2) is 0 Å². The molecule has 24 heavy (non-hydrogen) atoms. The Morgan fingerprint density at radius 2 is 1.75 bits per heavy atom. The van der Waals surface area contributed by atoms with E-state index in [1.54, 1.807) is 0 Å². The topological polar surface area (TPSA) is 39.7 Å². The van der Waals surface area contributed by atoms with Crippen molar-refractivity contribution in [1.82, 2.24) is 15.5 Å². The van der Waals surface area contributed by atoms with E-state index in [0.717, 1.165) is 30.5 Å². The van der Waals surface area contributed by atoms with Gasteiger partial charge in [-0.15, -0.1) is 24.0 Å². The Morgan fingerprint density at radius 3 is 2.42 bits per heavy atom. The molecule has 1 aromatic carbocycles. The molecule has 4 nitrogen and oxygen atoms in total. The molecule has 1 fully saturated rings. The summed E-state index contributed by atoms with van der Waals surface area (Å²) in [6.45, 7) is 5.68. The third kappa shape index (κ3) is 8.53. The lowest BCUT2D eigenvalue weighted by Crippen LogP contribution is -2.38. The lowest BCUT2D eigenvalue weighted by atomic mass is 10.1. The minimum atomic E-state index is 0. The van der Waals surface area contributed by atoms with E-state index >= 15 is 0 Å². The van der Waals surface area contributed by atoms with Crippen LogP contribution >= 0.6 is 35.6 Å². The van der Waals surface area contributed by atoms with Crippen molar-refractivity contribution in [2.24, 2.45) is 4.99 Å². The predicted octanol–water partition coefficient (Wildman–Crippen LogP) is 3.54. The van der Waals surface area contributed by atoms with Crippen LogP contribution in [0.25, 0.3) is 0 Å². The average Bonchev–Trinajstić information content (AvgIpc) is 3.08. The molecule has 6 heteroatoms. The van der Waals surface area contributed by atoms with Gasteiger partial charge in [0.15, 0.2) is 5.96 Å². The van der Waals surface area contributed by atoms with Gasteiger partial charge in [-0.05, 0) is 69.4 Å². The van der Waals surface area contributed by atoms with E-state index in [1.165, 1.54) is 50.9 Å². The van der Waals surface area contributed by atoms with Crippen molar-refractivity contribution in [2.75, 3.05) is 39.8 Å². The van der Waals surface area contributed by atoms with E-state index in [-0.39, 0.29) is 24.0 Å². The second-order valence-electron chi connectivity index (χ2n) is 6.06. The molecule has 1 saturated heterocycles. The summed E-state index contributed by atoms with van der Waals surface area (Å²) in [4.78, 5) is 6.84. The standard InChI is InChI=1S/C18H29ClN4.HI/c1-20-18(21-11-2-3-13-23-14-4-5-15-23)22-12-10-16-6-8-17(19)9-7-16;/h6-9H,2-5,10-15H2,1H3,(H2,20,21,22);1H. The Balaban J connectivity index is 0.00000288. The highest BCUT2D eigenvalue weighted by Gasteiger charge is 2.09. The van der Waals surface area contributed by atoms with Gasteiger partial charge in [0.1, 0.15) is 0 Å². The maximum atomic E-state index is 5.90. The van der Waals surface area contributed by atoms with Crippen LogP contribution in [-0.4, -0.2) is 50.6 Å². The number of likely N-dealkylation sites (tertiary alicyclic amines) is 1. The second kappa shape index (κ2) is 12.8. The molecule has 0 atom stereocenters. The SMILES string of the molecule is CN=C(NCCCCN1CCCC1)NCCc1ccc(Cl)cc1.I. The Labute approximate surface area is 168 Å². The lowest BCUT2D eigenvalue weighted by molar-refractivity contribution is 0.330. The van der Waals surface area contributed by atoms with Gasteiger partial charge in [0.05, 0.1) is 0 Å². The molecule has 0 aromatic heterocycles. The lowest BCUT2D eigenvalue weighted by Gasteiger charge is -2.15. The molecule has 0 amide bonds. The van der Waals surface area contributed by atoms with E-state index in [9.17, 15) is 0 Å². The van der Waals surface area contributed by atoms with Gasteiger partial charge in [-0.2, -0.15) is 0 Å². The zero-order valence-corrected chi connectivity index (χ0v) is 17.6. The molecule has 0 unspecified atom stereocenters. The zero-order valence-electron chi connectivity index (χ0n) is 14.6. The summed E-state index contributed by atoms with van der Waals surface area (Å²) < 4.78 is 0. The second-order valence-corrected chi connectivity index (χ2v) is 6.49. The Hall–Kier alpha value is -0.530. The first-order chi connectivity index (χ1) is 11.3. The number of guanidine groups is 1. The van der Waals surface area contributed by atoms with Crippen LogP contribution in [0.5, 0.6) is 0 Å². The first kappa shape index (κ1) is 21.5. The molecular weight excluding hydrogens is 435 g/mol. The minimum absolute atomic E-state index is 0. The number of rotatable bonds is 8. The highest BCUT2D eigenvalue weighted by molar-refractivity contribution is 14.0. The van der Waals surface area contributed by atoms with Crippen molar-refractivity contribution in [3.8, 4) is 0 Å². The quantitative estimate of drug-likeness (QED) is 0.268. The Morgan fingerprint density at radius 1 is 1.08 bits per heavy atom. The first-order valence-electron chi connectivity index (χ1n) is 8.69. The van der Waals surface area contributed by atoms with Crippen LogP contribution < -0.4 is 10.6 Å². The highest BCUT2D eigenvalue weighted by atomic mass is 127. The maximum absolute atomic E-state index is 5.90. The van der Waals surface area contributed by atoms with Gasteiger partial charge in [0, 0.05) is 25.2 Å². The summed E-state index contributed by atoms with van der Waals surface area (Å²) in [6.07, 6.45) is 6.17. The van der Waals surface area contributed by atoms with Crippen molar-refractivity contribution in [3.05, 3.63) is 34.9 Å². The molecule has 1 aromatic rings. The number of nitrogens with one attached hydrogen (secondary N) is 2. The molecule has 136 valence electrons. The van der Waals surface area contributed by atoms with E-state index in [2.05, 4.69) is 32.7 Å². The van der Waals surface area contributed by atoms with Crippen LogP contribution in [0.15, 0.2) is 29.3 Å². The van der Waals surface area contributed by atoms with Crippen LogP contribution in [0.2, 0.25) is 5.02 Å². The Kier molecular flexibility index (Phi) is 11.5. The summed E-state index contributed by atoms with van der Waals surface area (Å²) in [5.41, 5.74) is 1.28. The summed E-state index contributed by atoms with van der Waals surface area (Å²) in [5, 5.41) is 7.53. The molecule has 1 aliphatic heterocycles. The summed E-state index contributed by atoms with van der Waals surface area (Å²) in [5.74, 6) is 0.889. The fourth-order valence-corrected chi connectivity index (χ4v) is 3.00. The van der Waals surface area contributed by atoms with E-state index in [4.69, 9.17) is 11.6 Å². The van der Waals surface area contributed by atoms with E-state index in [0.29, 0.717) is 0 Å². The summed E-state index contributed by atoms with van der Waals surface area (Å²) in [6, 6.07) is 8.01. The van der Waals surface area contributed by atoms with Gasteiger partial charge in [0.2, 0.25) is 0 Å². The average molecular weight is 465 g/mol. The monoisotopic (exact) mass is 464 g/mol. The molecule has 0 aliphatic carbocycles. The molecule has 2 rings (SSSR count). The van der Waals surface area contributed by atoms with E-state index in [1.807, 2.05) is 19.2 Å². The van der Waals surface area contributed by atoms with Gasteiger partial charge < -0.3 is 15.5 Å². The van der Waals surface area contributed by atoms with Crippen LogP contribution in [0.1, 0.15) is 31.2 Å². The number of hydrogen-bond acceptors (Lipinski definition) is 2. The van der Waals surface area contributed by atoms with Gasteiger partial charge in [-0.1, -0.05) is 23.7 Å². The number of hydrogen-bond donors (Lipinski definition) is 2. The van der Waals surface area contributed by atoms with Gasteiger partial charge in [0.25, 0.3) is 0 Å². The van der Waals surface area contributed by atoms with Crippen molar-refractivity contribution >= 4 is 41.5 Å². The fourth-order valence-electron chi connectivity index (χ4n) is 2.87. The number of nitrogens with zero attached hydrogens (tertiary/aromatic N) is 2. The maximum Gasteiger partial charge on any atom is 0.190 e. The zero-order chi connectivity index (χ0) is 16.3. The third-order valence-corrected chi connectivity index (χ3v) is 4.49. The number of halogens is 2. The number of aliphatic imine (C=N–C) groups is 1. The first-order valence-corrected chi connectivity index (χ1v) is 9.07. The normalized spacial score (nSPS) is 15.2. The number of unbranched alkanes of at least 4 members (excludes halogenated alkanes) is 1. The third-order valence-electron chi connectivity index (χ3n) is 4.24. The van der Waals surface area contributed by atoms with Crippen LogP contribution in [0, 0.1) is 0 Å². The largest absolute Gasteiger partial charge is 0.356 e. The van der Waals surface area contributed by atoms with Crippen molar-refractivity contribution < 1.29 is 0 Å². The molecule has 0 saturated carbocycles. The van der Waals surface area contributed by atoms with Gasteiger partial charge in [-0.3, -0.25) is 4.99 Å². The molecule has 1 aliphatic rings. The smallest absolute Gasteiger partial charge is 0.190 e. The summed E-state index contributed by atoms with van der Waals surface area (Å²) >= 11 is 5.90. The molecular formula is C18H30ClIN4. The Bertz CT molecular complexity index is 472. The van der Waals surface area contributed by atoms with Gasteiger partial charge >= 0.3 is 0 Å². The summed E-state index contributed by atoms with van der Waals surface area (Å²) in [7, 11) is 1.82. The fraction of sp³-hybridized carbons (Fsp3) is 0.611. The van der Waals surface area contributed by atoms with Crippen LogP contribution in [-0.2, 0) is 6.42 Å². The number of benzene rings is 1. The highest BCUT2D eigenvalue weighted by Crippen LogP contribution is 2.09. The van der Waals surface area contributed by atoms with Crippen molar-refractivity contribution in [1.29, 1.82) is 0 Å². The molecule has 0 bridgehead atoms. The minimum Gasteiger partial charge on any atom is -0.356 e. The molecule has 0 radical (unpaired) electrons.